The predicted molar refractivity (Wildman–Crippen MR) is 54.1 cm³/mol. The van der Waals surface area contributed by atoms with Gasteiger partial charge in [-0.15, -0.1) is 0 Å². The molecule has 0 spiro atoms. The van der Waals surface area contributed by atoms with Crippen LogP contribution in [0.4, 0.5) is 5.82 Å². The molecule has 1 heterocycles. The molecule has 0 amide bonds. The van der Waals surface area contributed by atoms with E-state index in [2.05, 4.69) is 24.4 Å². The van der Waals surface area contributed by atoms with E-state index < -0.39 is 0 Å². The van der Waals surface area contributed by atoms with E-state index in [1.54, 1.807) is 12.3 Å². The van der Waals surface area contributed by atoms with Gasteiger partial charge in [-0.05, 0) is 27.7 Å². The summed E-state index contributed by atoms with van der Waals surface area (Å²) >= 11 is 4.75. The molecule has 0 radical (unpaired) electrons. The fourth-order valence-electron chi connectivity index (χ4n) is 0.453. The number of aromatic amines is 1. The van der Waals surface area contributed by atoms with Gasteiger partial charge in [-0.25, -0.2) is 4.98 Å². The van der Waals surface area contributed by atoms with Gasteiger partial charge in [0.25, 0.3) is 0 Å². The molecule has 1 atom stereocenters. The number of nitrogens with one attached hydrogen (secondary N) is 2. The highest BCUT2D eigenvalue weighted by molar-refractivity contribution is 7.71. The molecule has 62 valence electrons. The number of hydrogen-bond donors (Lipinski definition) is 2. The second-order valence-corrected chi connectivity index (χ2v) is 2.11. The van der Waals surface area contributed by atoms with Crippen LogP contribution in [0.1, 0.15) is 13.8 Å². The Morgan fingerprint density at radius 3 is 2.64 bits per heavy atom. The quantitative estimate of drug-likeness (QED) is 0.526. The molecular weight excluding hydrogens is 177 g/mol. The van der Waals surface area contributed by atoms with Crippen LogP contribution in [-0.4, -0.2) is 9.97 Å². The molecule has 0 saturated carbocycles. The lowest BCUT2D eigenvalue weighted by molar-refractivity contribution is 1.14. The standard InChI is InChI=1S/C4H6N3PS.C2H6/c8-7-3-1-2-5-4(9)6-3;1-2/h1-2H,8H2,(H2,5,6,7,9);1-2H3. The zero-order valence-corrected chi connectivity index (χ0v) is 8.56. The van der Waals surface area contributed by atoms with Gasteiger partial charge in [0.05, 0.1) is 0 Å². The molecule has 0 aliphatic rings. The first-order valence-electron chi connectivity index (χ1n) is 3.35. The Labute approximate surface area is 73.9 Å². The minimum Gasteiger partial charge on any atom is -0.356 e. The van der Waals surface area contributed by atoms with Crippen molar-refractivity contribution in [3.8, 4) is 0 Å². The zero-order chi connectivity index (χ0) is 8.69. The van der Waals surface area contributed by atoms with E-state index >= 15 is 0 Å². The van der Waals surface area contributed by atoms with Crippen molar-refractivity contribution in [1.82, 2.24) is 9.97 Å². The van der Waals surface area contributed by atoms with Crippen molar-refractivity contribution in [2.24, 2.45) is 0 Å². The molecular formula is C6H12N3PS. The Hall–Kier alpha value is -0.470. The van der Waals surface area contributed by atoms with Gasteiger partial charge in [0, 0.05) is 6.20 Å². The van der Waals surface area contributed by atoms with Gasteiger partial charge in [0.1, 0.15) is 5.82 Å². The third kappa shape index (κ3) is 4.06. The predicted octanol–water partition coefficient (Wildman–Crippen LogP) is 2.37. The fourth-order valence-corrected chi connectivity index (χ4v) is 0.792. The lowest BCUT2D eigenvalue weighted by Crippen LogP contribution is -1.85. The summed E-state index contributed by atoms with van der Waals surface area (Å²) < 4.78 is 0.488. The molecule has 1 aromatic heterocycles. The van der Waals surface area contributed by atoms with Gasteiger partial charge in [0.15, 0.2) is 4.77 Å². The Morgan fingerprint density at radius 1 is 1.64 bits per heavy atom. The summed E-state index contributed by atoms with van der Waals surface area (Å²) in [4.78, 5) is 6.63. The number of anilines is 1. The van der Waals surface area contributed by atoms with Gasteiger partial charge < -0.3 is 10.1 Å². The topological polar surface area (TPSA) is 40.7 Å². The molecule has 0 aliphatic heterocycles. The monoisotopic (exact) mass is 189 g/mol. The van der Waals surface area contributed by atoms with Crippen LogP contribution >= 0.6 is 21.6 Å². The van der Waals surface area contributed by atoms with E-state index in [1.807, 2.05) is 13.8 Å². The lowest BCUT2D eigenvalue weighted by atomic mass is 10.6. The van der Waals surface area contributed by atoms with Crippen LogP contribution in [-0.2, 0) is 0 Å². The normalized spacial score (nSPS) is 7.91. The van der Waals surface area contributed by atoms with E-state index in [1.165, 1.54) is 0 Å². The Morgan fingerprint density at radius 2 is 2.27 bits per heavy atom. The molecule has 3 nitrogen and oxygen atoms in total. The summed E-state index contributed by atoms with van der Waals surface area (Å²) in [7, 11) is 2.36. The smallest absolute Gasteiger partial charge is 0.198 e. The van der Waals surface area contributed by atoms with Crippen LogP contribution < -0.4 is 5.09 Å². The third-order valence-electron chi connectivity index (χ3n) is 0.830. The van der Waals surface area contributed by atoms with Gasteiger partial charge in [-0.1, -0.05) is 13.8 Å². The van der Waals surface area contributed by atoms with Gasteiger partial charge in [0.2, 0.25) is 0 Å². The first-order chi connectivity index (χ1) is 5.33. The molecule has 0 aliphatic carbocycles. The van der Waals surface area contributed by atoms with Crippen LogP contribution in [0.3, 0.4) is 0 Å². The fraction of sp³-hybridized carbons (Fsp3) is 0.333. The first kappa shape index (κ1) is 10.5. The number of hydrogen-bond acceptors (Lipinski definition) is 3. The molecule has 1 aromatic rings. The van der Waals surface area contributed by atoms with Crippen molar-refractivity contribution in [3.63, 3.8) is 0 Å². The van der Waals surface area contributed by atoms with Gasteiger partial charge >= 0.3 is 0 Å². The molecule has 0 saturated heterocycles. The van der Waals surface area contributed by atoms with Crippen LogP contribution in [0.5, 0.6) is 0 Å². The average Bonchev–Trinajstić information content (AvgIpc) is 2.08. The third-order valence-corrected chi connectivity index (χ3v) is 1.35. The summed E-state index contributed by atoms with van der Waals surface area (Å²) in [6.07, 6.45) is 1.64. The summed E-state index contributed by atoms with van der Waals surface area (Å²) in [5.41, 5.74) is 0. The number of aromatic nitrogens is 2. The van der Waals surface area contributed by atoms with E-state index in [4.69, 9.17) is 12.2 Å². The SMILES string of the molecule is CC.PNc1ccnc(=S)[nH]1. The molecule has 1 rings (SSSR count). The zero-order valence-electron chi connectivity index (χ0n) is 6.59. The second kappa shape index (κ2) is 6.25. The first-order valence-corrected chi connectivity index (χ1v) is 4.33. The number of nitrogens with zero attached hydrogens (tertiary/aromatic N) is 1. The molecule has 5 heteroatoms. The number of rotatable bonds is 1. The summed E-state index contributed by atoms with van der Waals surface area (Å²) in [5.74, 6) is 0.847. The molecule has 0 bridgehead atoms. The molecule has 2 N–H and O–H groups in total. The van der Waals surface area contributed by atoms with Crippen LogP contribution in [0, 0.1) is 4.77 Å². The van der Waals surface area contributed by atoms with Crippen LogP contribution in [0.15, 0.2) is 12.3 Å². The maximum absolute atomic E-state index is 4.75. The van der Waals surface area contributed by atoms with Crippen molar-refractivity contribution >= 4 is 27.4 Å². The van der Waals surface area contributed by atoms with Crippen molar-refractivity contribution in [2.45, 2.75) is 13.8 Å². The lowest BCUT2D eigenvalue weighted by Gasteiger charge is -1.95. The summed E-state index contributed by atoms with van der Waals surface area (Å²) in [6, 6.07) is 1.79. The Balaban J connectivity index is 0.000000461. The average molecular weight is 189 g/mol. The van der Waals surface area contributed by atoms with Crippen molar-refractivity contribution < 1.29 is 0 Å². The van der Waals surface area contributed by atoms with E-state index in [9.17, 15) is 0 Å². The van der Waals surface area contributed by atoms with E-state index in [0.29, 0.717) is 4.77 Å². The van der Waals surface area contributed by atoms with Crippen molar-refractivity contribution in [1.29, 1.82) is 0 Å². The van der Waals surface area contributed by atoms with Gasteiger partial charge in [-0.3, -0.25) is 0 Å². The highest BCUT2D eigenvalue weighted by atomic mass is 32.1. The Kier molecular flexibility index (Phi) is 5.99. The van der Waals surface area contributed by atoms with Crippen molar-refractivity contribution in [2.75, 3.05) is 5.09 Å². The molecule has 0 fully saturated rings. The Bertz CT molecular complexity index is 248. The summed E-state index contributed by atoms with van der Waals surface area (Å²) in [6.45, 7) is 4.00. The van der Waals surface area contributed by atoms with E-state index in [0.717, 1.165) is 5.82 Å². The molecule has 11 heavy (non-hydrogen) atoms. The second-order valence-electron chi connectivity index (χ2n) is 1.43. The number of H-pyrrole nitrogens is 1. The largest absolute Gasteiger partial charge is 0.356 e. The molecule has 0 aromatic carbocycles. The minimum atomic E-state index is 0.488. The van der Waals surface area contributed by atoms with Crippen molar-refractivity contribution in [3.05, 3.63) is 17.0 Å². The maximum atomic E-state index is 4.75. The highest BCUT2D eigenvalue weighted by Gasteiger charge is 1.82. The van der Waals surface area contributed by atoms with Crippen LogP contribution in [0.2, 0.25) is 0 Å². The maximum Gasteiger partial charge on any atom is 0.198 e. The van der Waals surface area contributed by atoms with E-state index in [-0.39, 0.29) is 0 Å². The molecule has 1 unspecified atom stereocenters. The highest BCUT2D eigenvalue weighted by Crippen LogP contribution is 2.00. The minimum absolute atomic E-state index is 0.488. The summed E-state index contributed by atoms with van der Waals surface area (Å²) in [5, 5.41) is 2.82. The van der Waals surface area contributed by atoms with Crippen LogP contribution in [0.25, 0.3) is 0 Å². The van der Waals surface area contributed by atoms with Gasteiger partial charge in [-0.2, -0.15) is 0 Å².